The standard InChI is InChI=1S/C10H15N.C6H2BF5O3/c1-3-11(4-2)10-8-6-5-7-9-10;8-1-2(9)4(11)6(15-7(13)14)5(12)3(1)10/h5-9H,3-4H2,1-2H3;13-14H. The number of hydrogen-bond donors (Lipinski definition) is 2. The molecule has 2 rings (SSSR count). The van der Waals surface area contributed by atoms with E-state index in [-0.39, 0.29) is 0 Å². The van der Waals surface area contributed by atoms with Crippen LogP contribution in [-0.4, -0.2) is 30.5 Å². The molecule has 2 aromatic carbocycles. The van der Waals surface area contributed by atoms with Gasteiger partial charge in [-0.3, -0.25) is 0 Å². The van der Waals surface area contributed by atoms with Gasteiger partial charge < -0.3 is 19.6 Å². The van der Waals surface area contributed by atoms with E-state index in [0.717, 1.165) is 13.1 Å². The van der Waals surface area contributed by atoms with E-state index in [1.807, 2.05) is 6.07 Å². The first kappa shape index (κ1) is 21.7. The van der Waals surface area contributed by atoms with Crippen molar-refractivity contribution in [3.8, 4) is 5.75 Å². The van der Waals surface area contributed by atoms with E-state index in [1.165, 1.54) is 5.69 Å². The van der Waals surface area contributed by atoms with Gasteiger partial charge in [0.15, 0.2) is 5.75 Å². The highest BCUT2D eigenvalue weighted by Gasteiger charge is 2.29. The predicted molar refractivity (Wildman–Crippen MR) is 87.1 cm³/mol. The first-order valence-corrected chi connectivity index (χ1v) is 7.58. The Kier molecular flexibility index (Phi) is 8.33. The summed E-state index contributed by atoms with van der Waals surface area (Å²) in [6, 6.07) is 10.5. The van der Waals surface area contributed by atoms with Crippen molar-refractivity contribution in [1.82, 2.24) is 0 Å². The Morgan fingerprint density at radius 2 is 1.23 bits per heavy atom. The molecule has 2 aromatic rings. The Bertz CT molecular complexity index is 686. The highest BCUT2D eigenvalue weighted by molar-refractivity contribution is 6.33. The predicted octanol–water partition coefficient (Wildman–Crippen LogP) is 3.26. The lowest BCUT2D eigenvalue weighted by molar-refractivity contribution is 0.263. The second kappa shape index (κ2) is 9.98. The van der Waals surface area contributed by atoms with Crippen molar-refractivity contribution in [3.05, 3.63) is 59.4 Å². The molecule has 10 heteroatoms. The number of nitrogens with zero attached hydrogens (tertiary/aromatic N) is 1. The van der Waals surface area contributed by atoms with Gasteiger partial charge in [0.25, 0.3) is 0 Å². The minimum atomic E-state index is -2.70. The third kappa shape index (κ3) is 5.33. The molecule has 0 amide bonds. The lowest BCUT2D eigenvalue weighted by Gasteiger charge is -2.20. The minimum absolute atomic E-state index is 1.08. The van der Waals surface area contributed by atoms with Crippen molar-refractivity contribution >= 4 is 13.0 Å². The van der Waals surface area contributed by atoms with E-state index in [2.05, 4.69) is 47.7 Å². The SMILES string of the molecule is CCN(CC)c1ccccc1.OB(O)Oc1c(F)c(F)c(F)c(F)c1F. The molecule has 0 saturated carbocycles. The molecule has 0 fully saturated rings. The van der Waals surface area contributed by atoms with E-state index in [4.69, 9.17) is 10.0 Å². The Labute approximate surface area is 147 Å². The smallest absolute Gasteiger partial charge is 0.507 e. The van der Waals surface area contributed by atoms with E-state index >= 15 is 0 Å². The second-order valence-corrected chi connectivity index (χ2v) is 4.85. The molecule has 0 saturated heterocycles. The number of hydrogen-bond acceptors (Lipinski definition) is 4. The third-order valence-corrected chi connectivity index (χ3v) is 3.28. The third-order valence-electron chi connectivity index (χ3n) is 3.28. The maximum atomic E-state index is 12.7. The highest BCUT2D eigenvalue weighted by Crippen LogP contribution is 2.29. The molecular weight excluding hydrogens is 360 g/mol. The molecule has 0 unspecified atom stereocenters. The lowest BCUT2D eigenvalue weighted by Crippen LogP contribution is -2.23. The van der Waals surface area contributed by atoms with Gasteiger partial charge >= 0.3 is 7.32 Å². The van der Waals surface area contributed by atoms with Crippen LogP contribution in [-0.2, 0) is 0 Å². The molecule has 0 aliphatic heterocycles. The van der Waals surface area contributed by atoms with Crippen LogP contribution in [0.1, 0.15) is 13.8 Å². The van der Waals surface area contributed by atoms with Crippen LogP contribution >= 0.6 is 0 Å². The molecule has 0 aliphatic rings. The Morgan fingerprint density at radius 3 is 1.62 bits per heavy atom. The molecule has 0 atom stereocenters. The van der Waals surface area contributed by atoms with Crippen LogP contribution in [0.2, 0.25) is 0 Å². The summed E-state index contributed by atoms with van der Waals surface area (Å²) in [5.74, 6) is -13.1. The maximum Gasteiger partial charge on any atom is 0.707 e. The maximum absolute atomic E-state index is 12.7. The summed E-state index contributed by atoms with van der Waals surface area (Å²) < 4.78 is 66.3. The fourth-order valence-electron chi connectivity index (χ4n) is 2.02. The van der Waals surface area contributed by atoms with Crippen LogP contribution in [0.5, 0.6) is 5.75 Å². The number of rotatable bonds is 5. The van der Waals surface area contributed by atoms with Gasteiger partial charge in [0.1, 0.15) is 0 Å². The van der Waals surface area contributed by atoms with Crippen LogP contribution in [0.15, 0.2) is 30.3 Å². The van der Waals surface area contributed by atoms with Crippen LogP contribution in [0.25, 0.3) is 0 Å². The van der Waals surface area contributed by atoms with E-state index in [1.54, 1.807) is 0 Å². The number of para-hydroxylation sites is 1. The molecule has 26 heavy (non-hydrogen) atoms. The molecule has 0 aromatic heterocycles. The minimum Gasteiger partial charge on any atom is -0.507 e. The van der Waals surface area contributed by atoms with Gasteiger partial charge in [-0.2, -0.15) is 8.78 Å². The van der Waals surface area contributed by atoms with Crippen molar-refractivity contribution in [2.75, 3.05) is 18.0 Å². The van der Waals surface area contributed by atoms with Crippen molar-refractivity contribution in [2.45, 2.75) is 13.8 Å². The fraction of sp³-hybridized carbons (Fsp3) is 0.250. The van der Waals surface area contributed by atoms with Crippen molar-refractivity contribution in [3.63, 3.8) is 0 Å². The fourth-order valence-corrected chi connectivity index (χ4v) is 2.02. The zero-order valence-corrected chi connectivity index (χ0v) is 14.0. The monoisotopic (exact) mass is 377 g/mol. The molecule has 0 heterocycles. The van der Waals surface area contributed by atoms with Crippen LogP contribution in [0.3, 0.4) is 0 Å². The van der Waals surface area contributed by atoms with Crippen LogP contribution < -0.4 is 9.55 Å². The summed E-state index contributed by atoms with van der Waals surface area (Å²) in [6.45, 7) is 6.52. The quantitative estimate of drug-likeness (QED) is 0.364. The van der Waals surface area contributed by atoms with Crippen LogP contribution in [0, 0.1) is 29.1 Å². The molecule has 0 spiro atoms. The van der Waals surface area contributed by atoms with Gasteiger partial charge in [-0.05, 0) is 26.0 Å². The van der Waals surface area contributed by atoms with Gasteiger partial charge in [-0.15, -0.1) is 0 Å². The summed E-state index contributed by atoms with van der Waals surface area (Å²) in [5.41, 5.74) is 1.32. The largest absolute Gasteiger partial charge is 0.707 e. The Hall–Kier alpha value is -2.33. The van der Waals surface area contributed by atoms with Crippen molar-refractivity contribution < 1.29 is 36.7 Å². The second-order valence-electron chi connectivity index (χ2n) is 4.85. The van der Waals surface area contributed by atoms with Gasteiger partial charge in [0.2, 0.25) is 29.1 Å². The first-order chi connectivity index (χ1) is 12.2. The van der Waals surface area contributed by atoms with Gasteiger partial charge in [0, 0.05) is 18.8 Å². The zero-order valence-electron chi connectivity index (χ0n) is 14.0. The topological polar surface area (TPSA) is 52.9 Å². The van der Waals surface area contributed by atoms with E-state index in [0.29, 0.717) is 0 Å². The summed E-state index contributed by atoms with van der Waals surface area (Å²) in [7, 11) is -2.70. The average molecular weight is 377 g/mol. The number of halogens is 5. The Balaban J connectivity index is 0.000000273. The molecule has 0 aliphatic carbocycles. The van der Waals surface area contributed by atoms with Gasteiger partial charge in [0.05, 0.1) is 0 Å². The normalized spacial score (nSPS) is 10.0. The first-order valence-electron chi connectivity index (χ1n) is 7.58. The summed E-state index contributed by atoms with van der Waals surface area (Å²) in [5, 5.41) is 16.3. The average Bonchev–Trinajstić information content (AvgIpc) is 2.64. The molecule has 0 radical (unpaired) electrons. The van der Waals surface area contributed by atoms with Crippen molar-refractivity contribution in [1.29, 1.82) is 0 Å². The van der Waals surface area contributed by atoms with Crippen molar-refractivity contribution in [2.24, 2.45) is 0 Å². The summed E-state index contributed by atoms with van der Waals surface area (Å²) in [4.78, 5) is 2.33. The highest BCUT2D eigenvalue weighted by atomic mass is 19.2. The summed E-state index contributed by atoms with van der Waals surface area (Å²) in [6.07, 6.45) is 0. The lowest BCUT2D eigenvalue weighted by atomic mass is 10.2. The summed E-state index contributed by atoms with van der Waals surface area (Å²) >= 11 is 0. The zero-order chi connectivity index (χ0) is 19.9. The number of anilines is 1. The van der Waals surface area contributed by atoms with Crippen LogP contribution in [0.4, 0.5) is 27.6 Å². The molecule has 0 bridgehead atoms. The van der Waals surface area contributed by atoms with Gasteiger partial charge in [-0.1, -0.05) is 18.2 Å². The van der Waals surface area contributed by atoms with E-state index < -0.39 is 42.2 Å². The van der Waals surface area contributed by atoms with E-state index in [9.17, 15) is 22.0 Å². The molecule has 2 N–H and O–H groups in total. The molecule has 142 valence electrons. The molecular formula is C16H17BF5NO3. The molecule has 4 nitrogen and oxygen atoms in total. The Morgan fingerprint density at radius 1 is 0.808 bits per heavy atom. The van der Waals surface area contributed by atoms with Gasteiger partial charge in [-0.25, -0.2) is 13.2 Å². The number of benzene rings is 2.